The fraction of sp³-hybridized carbons (Fsp3) is 0.591. The van der Waals surface area contributed by atoms with Crippen LogP contribution in [0.2, 0.25) is 0 Å². The van der Waals surface area contributed by atoms with E-state index in [0.29, 0.717) is 23.3 Å². The summed E-state index contributed by atoms with van der Waals surface area (Å²) < 4.78 is 48.1. The zero-order valence-electron chi connectivity index (χ0n) is 20.2. The number of carbonyl (C=O) groups excluding carboxylic acids is 2. The predicted molar refractivity (Wildman–Crippen MR) is 129 cm³/mol. The highest BCUT2D eigenvalue weighted by molar-refractivity contribution is 7.14. The van der Waals surface area contributed by atoms with Gasteiger partial charge in [-0.05, 0) is 25.8 Å². The Morgan fingerprint density at radius 1 is 1.27 bits per heavy atom. The van der Waals surface area contributed by atoms with Gasteiger partial charge in [-0.1, -0.05) is 11.3 Å². The van der Waals surface area contributed by atoms with Crippen molar-refractivity contribution in [2.24, 2.45) is 5.92 Å². The number of rotatable bonds is 5. The van der Waals surface area contributed by atoms with Gasteiger partial charge >= 0.3 is 12.1 Å². The summed E-state index contributed by atoms with van der Waals surface area (Å²) in [4.78, 5) is 41.7. The van der Waals surface area contributed by atoms with Crippen molar-refractivity contribution in [1.82, 2.24) is 30.1 Å². The third-order valence-corrected chi connectivity index (χ3v) is 7.99. The van der Waals surface area contributed by atoms with E-state index >= 15 is 0 Å². The second-order valence-electron chi connectivity index (χ2n) is 9.64. The number of anilines is 2. The first kappa shape index (κ1) is 25.4. The maximum Gasteiger partial charge on any atom is 0.414 e. The molecular weight excluding hydrogens is 513 g/mol. The minimum atomic E-state index is -3.18. The van der Waals surface area contributed by atoms with Gasteiger partial charge in [0, 0.05) is 57.4 Å². The Bertz CT molecular complexity index is 1170. The number of nitrogens with zero attached hydrogens (tertiary/aromatic N) is 6. The number of aromatic nitrogens is 3. The molecule has 2 aromatic heterocycles. The summed E-state index contributed by atoms with van der Waals surface area (Å²) in [5.41, 5.74) is 0. The zero-order chi connectivity index (χ0) is 26.3. The summed E-state index contributed by atoms with van der Waals surface area (Å²) >= 11 is 0.594. The third kappa shape index (κ3) is 5.42. The molecule has 1 aliphatic carbocycles. The van der Waals surface area contributed by atoms with Gasteiger partial charge in [0.25, 0.3) is 5.92 Å². The molecule has 0 unspecified atom stereocenters. The minimum Gasteiger partial charge on any atom is -0.391 e. The molecule has 15 heteroatoms. The number of alkyl halides is 2. The van der Waals surface area contributed by atoms with Crippen molar-refractivity contribution in [2.75, 3.05) is 43.9 Å². The van der Waals surface area contributed by atoms with Gasteiger partial charge < -0.3 is 24.8 Å². The molecule has 0 spiro atoms. The SMILES string of the molecule is CN1C[C@H]2C[C@@H]1C[C@@H]2NC(=O)Oc1ccnc(N2CCC(F)(F)[C@@H](N(C)C(=O)Nc3ncc(F)s3)C2)n1. The molecular formula is C22H27F3N8O3S. The number of likely N-dealkylation sites (tertiary alicyclic amines) is 1. The first-order chi connectivity index (χ1) is 17.6. The number of hydrogen-bond acceptors (Lipinski definition) is 9. The maximum absolute atomic E-state index is 14.8. The van der Waals surface area contributed by atoms with Crippen LogP contribution in [0.5, 0.6) is 5.88 Å². The van der Waals surface area contributed by atoms with Crippen LogP contribution in [0.3, 0.4) is 0 Å². The first-order valence-corrected chi connectivity index (χ1v) is 12.7. The van der Waals surface area contributed by atoms with Crippen LogP contribution < -0.4 is 20.3 Å². The molecule has 0 aromatic carbocycles. The number of hydrogen-bond donors (Lipinski definition) is 2. The summed E-state index contributed by atoms with van der Waals surface area (Å²) in [6.45, 7) is 0.601. The summed E-state index contributed by atoms with van der Waals surface area (Å²) in [6.07, 6.45) is 3.06. The van der Waals surface area contributed by atoms with Crippen molar-refractivity contribution in [3.63, 3.8) is 0 Å². The average molecular weight is 541 g/mol. The Hall–Kier alpha value is -3.20. The molecule has 2 saturated heterocycles. The number of piperidine rings is 2. The Balaban J connectivity index is 1.21. The van der Waals surface area contributed by atoms with Crippen molar-refractivity contribution in [3.8, 4) is 5.88 Å². The van der Waals surface area contributed by atoms with E-state index in [4.69, 9.17) is 4.74 Å². The number of urea groups is 1. The molecule has 37 heavy (non-hydrogen) atoms. The van der Waals surface area contributed by atoms with Crippen LogP contribution in [-0.2, 0) is 0 Å². The Labute approximate surface area is 215 Å². The molecule has 4 heterocycles. The van der Waals surface area contributed by atoms with Gasteiger partial charge in [0.05, 0.1) is 6.20 Å². The predicted octanol–water partition coefficient (Wildman–Crippen LogP) is 2.63. The van der Waals surface area contributed by atoms with Gasteiger partial charge in [0.2, 0.25) is 11.8 Å². The number of fused-ring (bicyclic) bond motifs is 2. The van der Waals surface area contributed by atoms with E-state index in [2.05, 4.69) is 37.5 Å². The molecule has 2 aromatic rings. The molecule has 2 N–H and O–H groups in total. The highest BCUT2D eigenvalue weighted by Gasteiger charge is 2.48. The summed E-state index contributed by atoms with van der Waals surface area (Å²) in [5.74, 6) is -2.70. The average Bonchev–Trinajstić information content (AvgIpc) is 3.54. The van der Waals surface area contributed by atoms with Gasteiger partial charge in [-0.3, -0.25) is 5.32 Å². The van der Waals surface area contributed by atoms with Gasteiger partial charge in [-0.25, -0.2) is 28.3 Å². The molecule has 3 amide bonds. The lowest BCUT2D eigenvalue weighted by atomic mass is 10.00. The van der Waals surface area contributed by atoms with E-state index in [1.165, 1.54) is 24.2 Å². The monoisotopic (exact) mass is 540 g/mol. The number of nitrogens with one attached hydrogen (secondary N) is 2. The van der Waals surface area contributed by atoms with Crippen LogP contribution in [0, 0.1) is 11.0 Å². The van der Waals surface area contributed by atoms with Crippen LogP contribution in [0.1, 0.15) is 19.3 Å². The zero-order valence-corrected chi connectivity index (χ0v) is 21.1. The van der Waals surface area contributed by atoms with E-state index in [1.807, 2.05) is 0 Å². The largest absolute Gasteiger partial charge is 0.414 e. The smallest absolute Gasteiger partial charge is 0.391 e. The molecule has 4 atom stereocenters. The van der Waals surface area contributed by atoms with Gasteiger partial charge in [0.15, 0.2) is 10.3 Å². The second kappa shape index (κ2) is 9.93. The number of halogens is 3. The van der Waals surface area contributed by atoms with Crippen molar-refractivity contribution in [3.05, 3.63) is 23.6 Å². The molecule has 3 aliphatic rings. The number of likely N-dealkylation sites (N-methyl/N-ethyl adjacent to an activating group) is 1. The summed E-state index contributed by atoms with van der Waals surface area (Å²) in [5, 5.41) is 4.59. The summed E-state index contributed by atoms with van der Waals surface area (Å²) in [7, 11) is 3.31. The van der Waals surface area contributed by atoms with Crippen molar-refractivity contribution >= 4 is 34.5 Å². The van der Waals surface area contributed by atoms with Crippen molar-refractivity contribution < 1.29 is 27.5 Å². The molecule has 1 saturated carbocycles. The lowest BCUT2D eigenvalue weighted by molar-refractivity contribution is -0.0760. The normalized spacial score (nSPS) is 26.7. The van der Waals surface area contributed by atoms with Gasteiger partial charge in [-0.2, -0.15) is 9.37 Å². The fourth-order valence-corrected chi connectivity index (χ4v) is 5.81. The molecule has 200 valence electrons. The Morgan fingerprint density at radius 2 is 2.08 bits per heavy atom. The van der Waals surface area contributed by atoms with Crippen LogP contribution >= 0.6 is 11.3 Å². The fourth-order valence-electron chi connectivity index (χ4n) is 5.28. The van der Waals surface area contributed by atoms with E-state index in [-0.39, 0.29) is 36.1 Å². The van der Waals surface area contributed by atoms with Crippen molar-refractivity contribution in [2.45, 2.75) is 43.3 Å². The highest BCUT2D eigenvalue weighted by Crippen LogP contribution is 2.37. The molecule has 2 aliphatic heterocycles. The highest BCUT2D eigenvalue weighted by atomic mass is 32.1. The van der Waals surface area contributed by atoms with Crippen LogP contribution in [-0.4, -0.2) is 94.7 Å². The number of thiazole rings is 1. The van der Waals surface area contributed by atoms with E-state index < -0.39 is 35.6 Å². The van der Waals surface area contributed by atoms with Crippen LogP contribution in [0.25, 0.3) is 0 Å². The lowest BCUT2D eigenvalue weighted by Gasteiger charge is -2.42. The Kier molecular flexibility index (Phi) is 6.83. The standard InChI is InChI=1S/C22H27F3N8O3S/c1-31-10-12-7-13(31)8-14(12)28-21(35)36-17-3-5-26-18(29-17)33-6-4-22(24,25)15(11-33)32(2)20(34)30-19-27-9-16(23)37-19/h3,5,9,12-15H,4,6-8,10-11H2,1-2H3,(H,28,35)(H,27,30,34)/t12-,13-,14+,15+/m1/s1. The second-order valence-corrected chi connectivity index (χ2v) is 10.6. The summed E-state index contributed by atoms with van der Waals surface area (Å²) in [6, 6.07) is -0.432. The first-order valence-electron chi connectivity index (χ1n) is 11.9. The van der Waals surface area contributed by atoms with Gasteiger partial charge in [-0.15, -0.1) is 0 Å². The molecule has 2 bridgehead atoms. The quantitative estimate of drug-likeness (QED) is 0.595. The van der Waals surface area contributed by atoms with Gasteiger partial charge in [0.1, 0.15) is 6.04 Å². The maximum atomic E-state index is 14.8. The molecule has 11 nitrogen and oxygen atoms in total. The minimum absolute atomic E-state index is 0.00597. The van der Waals surface area contributed by atoms with Crippen molar-refractivity contribution in [1.29, 1.82) is 0 Å². The Morgan fingerprint density at radius 3 is 2.76 bits per heavy atom. The van der Waals surface area contributed by atoms with E-state index in [9.17, 15) is 22.8 Å². The van der Waals surface area contributed by atoms with E-state index in [0.717, 1.165) is 30.5 Å². The molecule has 5 rings (SSSR count). The van der Waals surface area contributed by atoms with E-state index in [1.54, 1.807) is 0 Å². The number of carbonyl (C=O) groups is 2. The third-order valence-electron chi connectivity index (χ3n) is 7.29. The number of ether oxygens (including phenoxy) is 1. The number of amides is 3. The molecule has 3 fully saturated rings. The topological polar surface area (TPSA) is 116 Å². The van der Waals surface area contributed by atoms with Crippen LogP contribution in [0.15, 0.2) is 18.5 Å². The lowest BCUT2D eigenvalue weighted by Crippen LogP contribution is -2.60. The van der Waals surface area contributed by atoms with Crippen LogP contribution in [0.4, 0.5) is 33.8 Å². The molecule has 0 radical (unpaired) electrons.